The van der Waals surface area contributed by atoms with E-state index >= 15 is 0 Å². The molecule has 1 N–H and O–H groups in total. The van der Waals surface area contributed by atoms with E-state index in [0.29, 0.717) is 11.5 Å². The smallest absolute Gasteiger partial charge is 0.314 e. The Kier molecular flexibility index (Phi) is 7.48. The molecule has 0 bridgehead atoms. The summed E-state index contributed by atoms with van der Waals surface area (Å²) < 4.78 is 39.0. The Balaban J connectivity index is 0.00000132. The van der Waals surface area contributed by atoms with Crippen LogP contribution in [0.25, 0.3) is 0 Å². The van der Waals surface area contributed by atoms with Crippen LogP contribution in [-0.2, 0) is 6.18 Å². The third-order valence-electron chi connectivity index (χ3n) is 4.20. The first-order valence-corrected chi connectivity index (χ1v) is 7.65. The highest BCUT2D eigenvalue weighted by Crippen LogP contribution is 2.46. The third-order valence-corrected chi connectivity index (χ3v) is 4.42. The van der Waals surface area contributed by atoms with Crippen molar-refractivity contribution >= 4 is 36.4 Å². The Hall–Kier alpha value is -0.200. The van der Waals surface area contributed by atoms with Crippen molar-refractivity contribution < 1.29 is 13.2 Å². The van der Waals surface area contributed by atoms with Crippen molar-refractivity contribution in [2.45, 2.75) is 25.1 Å². The lowest BCUT2D eigenvalue weighted by Crippen LogP contribution is -2.45. The molecular formula is C15H20Cl3F3N2. The van der Waals surface area contributed by atoms with Crippen LogP contribution in [0.2, 0.25) is 5.02 Å². The Labute approximate surface area is 151 Å². The molecule has 2 aliphatic rings. The second-order valence-electron chi connectivity index (χ2n) is 5.84. The van der Waals surface area contributed by atoms with Gasteiger partial charge in [-0.25, -0.2) is 0 Å². The summed E-state index contributed by atoms with van der Waals surface area (Å²) in [5.74, 6) is 0.461. The summed E-state index contributed by atoms with van der Waals surface area (Å²) in [6, 6.07) is 4.04. The van der Waals surface area contributed by atoms with Gasteiger partial charge in [0.25, 0.3) is 0 Å². The van der Waals surface area contributed by atoms with E-state index in [1.54, 1.807) is 6.07 Å². The van der Waals surface area contributed by atoms with Crippen molar-refractivity contribution in [2.75, 3.05) is 26.2 Å². The molecule has 1 aromatic rings. The highest BCUT2D eigenvalue weighted by atomic mass is 35.5. The van der Waals surface area contributed by atoms with Crippen LogP contribution in [0.15, 0.2) is 18.2 Å². The third kappa shape index (κ3) is 5.13. The van der Waals surface area contributed by atoms with E-state index in [2.05, 4.69) is 10.2 Å². The van der Waals surface area contributed by atoms with Gasteiger partial charge in [0.1, 0.15) is 0 Å². The summed E-state index contributed by atoms with van der Waals surface area (Å²) in [6.45, 7) is 3.51. The molecule has 1 aromatic carbocycles. The Morgan fingerprint density at radius 3 is 2.22 bits per heavy atom. The van der Waals surface area contributed by atoms with Crippen LogP contribution < -0.4 is 5.32 Å². The zero-order chi connectivity index (χ0) is 15.0. The van der Waals surface area contributed by atoms with Crippen molar-refractivity contribution in [3.63, 3.8) is 0 Å². The lowest BCUT2D eigenvalue weighted by molar-refractivity contribution is -0.137. The molecule has 2 nitrogen and oxygen atoms in total. The van der Waals surface area contributed by atoms with Crippen LogP contribution in [-0.4, -0.2) is 31.1 Å². The first-order chi connectivity index (χ1) is 9.95. The summed E-state index contributed by atoms with van der Waals surface area (Å²) in [6.07, 6.45) is -2.18. The van der Waals surface area contributed by atoms with Crippen molar-refractivity contribution in [3.8, 4) is 0 Å². The highest BCUT2D eigenvalue weighted by Gasteiger charge is 2.38. The number of piperazine rings is 1. The van der Waals surface area contributed by atoms with Crippen molar-refractivity contribution in [1.29, 1.82) is 0 Å². The standard InChI is InChI=1S/C15H18ClF3N2.2ClH/c16-13-8-11(7-12(9-13)15(17,18)19)14(10-1-2-10)21-5-3-20-4-6-21;;/h7-10,14,20H,1-6H2;2*1H/t14-;;/m1../s1. The zero-order valence-corrected chi connectivity index (χ0v) is 14.8. The Morgan fingerprint density at radius 2 is 1.70 bits per heavy atom. The van der Waals surface area contributed by atoms with Gasteiger partial charge in [-0.05, 0) is 42.5 Å². The van der Waals surface area contributed by atoms with Gasteiger partial charge >= 0.3 is 6.18 Å². The van der Waals surface area contributed by atoms with Gasteiger partial charge in [-0.2, -0.15) is 13.2 Å². The fourth-order valence-electron chi connectivity index (χ4n) is 3.10. The molecule has 1 atom stereocenters. The lowest BCUT2D eigenvalue weighted by Gasteiger charge is -2.35. The fraction of sp³-hybridized carbons (Fsp3) is 0.600. The van der Waals surface area contributed by atoms with E-state index in [-0.39, 0.29) is 35.9 Å². The second kappa shape index (κ2) is 8.26. The maximum Gasteiger partial charge on any atom is 0.416 e. The predicted molar refractivity (Wildman–Crippen MR) is 90.9 cm³/mol. The van der Waals surface area contributed by atoms with Gasteiger partial charge in [-0.1, -0.05) is 11.6 Å². The molecule has 8 heteroatoms. The number of alkyl halides is 3. The van der Waals surface area contributed by atoms with Crippen molar-refractivity contribution in [2.24, 2.45) is 5.92 Å². The maximum absolute atomic E-state index is 13.0. The minimum absolute atomic E-state index is 0. The molecular weight excluding hydrogens is 372 g/mol. The largest absolute Gasteiger partial charge is 0.416 e. The fourth-order valence-corrected chi connectivity index (χ4v) is 3.34. The molecule has 1 aliphatic carbocycles. The van der Waals surface area contributed by atoms with Crippen molar-refractivity contribution in [1.82, 2.24) is 10.2 Å². The average molecular weight is 392 g/mol. The van der Waals surface area contributed by atoms with Crippen LogP contribution in [0.4, 0.5) is 13.2 Å². The molecule has 132 valence electrons. The average Bonchev–Trinajstić information content (AvgIpc) is 3.23. The van der Waals surface area contributed by atoms with Crippen LogP contribution in [0.1, 0.15) is 30.0 Å². The molecule has 1 aliphatic heterocycles. The molecule has 0 spiro atoms. The minimum Gasteiger partial charge on any atom is -0.314 e. The van der Waals surface area contributed by atoms with Gasteiger partial charge in [-0.15, -0.1) is 24.8 Å². The Morgan fingerprint density at radius 1 is 1.09 bits per heavy atom. The van der Waals surface area contributed by atoms with E-state index in [1.807, 2.05) is 0 Å². The predicted octanol–water partition coefficient (Wildman–Crippen LogP) is 4.56. The minimum atomic E-state index is -4.35. The highest BCUT2D eigenvalue weighted by molar-refractivity contribution is 6.30. The number of hydrogen-bond donors (Lipinski definition) is 1. The van der Waals surface area contributed by atoms with E-state index < -0.39 is 11.7 Å². The molecule has 0 amide bonds. The molecule has 0 unspecified atom stereocenters. The molecule has 0 radical (unpaired) electrons. The first-order valence-electron chi connectivity index (χ1n) is 7.27. The molecule has 1 saturated carbocycles. The molecule has 3 rings (SSSR count). The number of benzene rings is 1. The zero-order valence-electron chi connectivity index (χ0n) is 12.4. The van der Waals surface area contributed by atoms with Gasteiger partial charge in [0.05, 0.1) is 5.56 Å². The number of hydrogen-bond acceptors (Lipinski definition) is 2. The van der Waals surface area contributed by atoms with E-state index in [4.69, 9.17) is 11.6 Å². The second-order valence-corrected chi connectivity index (χ2v) is 6.28. The van der Waals surface area contributed by atoms with Gasteiger partial charge in [-0.3, -0.25) is 4.90 Å². The van der Waals surface area contributed by atoms with E-state index in [1.165, 1.54) is 6.07 Å². The molecule has 1 saturated heterocycles. The number of halogens is 6. The molecule has 1 heterocycles. The number of rotatable bonds is 3. The number of nitrogens with one attached hydrogen (secondary N) is 1. The van der Waals surface area contributed by atoms with E-state index in [9.17, 15) is 13.2 Å². The maximum atomic E-state index is 13.0. The SMILES string of the molecule is Cl.Cl.FC(F)(F)c1cc(Cl)cc([C@@H](C2CC2)N2CCNCC2)c1. The van der Waals surface area contributed by atoms with Gasteiger partial charge < -0.3 is 5.32 Å². The molecule has 23 heavy (non-hydrogen) atoms. The molecule has 2 fully saturated rings. The summed E-state index contributed by atoms with van der Waals surface area (Å²) >= 11 is 5.93. The summed E-state index contributed by atoms with van der Waals surface area (Å²) in [7, 11) is 0. The van der Waals surface area contributed by atoms with E-state index in [0.717, 1.165) is 45.1 Å². The van der Waals surface area contributed by atoms with Crippen molar-refractivity contribution in [3.05, 3.63) is 34.3 Å². The Bertz CT molecular complexity index is 515. The summed E-state index contributed by atoms with van der Waals surface area (Å²) in [4.78, 5) is 2.29. The van der Waals surface area contributed by atoms with Crippen LogP contribution in [0.5, 0.6) is 0 Å². The van der Waals surface area contributed by atoms with Crippen LogP contribution in [0.3, 0.4) is 0 Å². The topological polar surface area (TPSA) is 15.3 Å². The van der Waals surface area contributed by atoms with Crippen LogP contribution in [0, 0.1) is 5.92 Å². The van der Waals surface area contributed by atoms with Gasteiger partial charge in [0, 0.05) is 37.2 Å². The lowest BCUT2D eigenvalue weighted by atomic mass is 9.97. The van der Waals surface area contributed by atoms with Gasteiger partial charge in [0.2, 0.25) is 0 Å². The quantitative estimate of drug-likeness (QED) is 0.812. The monoisotopic (exact) mass is 390 g/mol. The van der Waals surface area contributed by atoms with Gasteiger partial charge in [0.15, 0.2) is 0 Å². The summed E-state index contributed by atoms with van der Waals surface area (Å²) in [5, 5.41) is 3.45. The normalized spacial score (nSPS) is 20.3. The number of nitrogens with zero attached hydrogens (tertiary/aromatic N) is 1. The summed E-state index contributed by atoms with van der Waals surface area (Å²) in [5.41, 5.74) is 0.0602. The molecule has 0 aromatic heterocycles. The first kappa shape index (κ1) is 20.8. The van der Waals surface area contributed by atoms with Crippen LogP contribution >= 0.6 is 36.4 Å².